The maximum absolute atomic E-state index is 11.9. The number of carbonyl (C=O) groups is 1. The van der Waals surface area contributed by atoms with Crippen LogP contribution in [0, 0.1) is 13.8 Å². The first-order valence-electron chi connectivity index (χ1n) is 5.45. The van der Waals surface area contributed by atoms with Crippen molar-refractivity contribution in [3.8, 4) is 5.75 Å². The normalized spacial score (nSPS) is 10.3. The molecule has 1 amide bonds. The molecule has 1 aromatic heterocycles. The molecule has 0 saturated heterocycles. The first-order valence-corrected chi connectivity index (χ1v) is 5.83. The molecule has 2 aromatic rings. The van der Waals surface area contributed by atoms with Gasteiger partial charge < -0.3 is 5.11 Å². The molecular weight excluding hydrogens is 268 g/mol. The predicted molar refractivity (Wildman–Crippen MR) is 70.4 cm³/mol. The van der Waals surface area contributed by atoms with Gasteiger partial charge in [0.15, 0.2) is 0 Å². The number of hydrogen-bond donors (Lipinski definition) is 2. The molecule has 2 rings (SSSR count). The van der Waals surface area contributed by atoms with Crippen LogP contribution in [0.5, 0.6) is 5.75 Å². The van der Waals surface area contributed by atoms with Crippen molar-refractivity contribution >= 4 is 23.5 Å². The van der Waals surface area contributed by atoms with E-state index in [2.05, 4.69) is 20.5 Å². The molecule has 0 unspecified atom stereocenters. The Hall–Kier alpha value is -2.21. The summed E-state index contributed by atoms with van der Waals surface area (Å²) in [4.78, 5) is 16.0. The zero-order valence-electron chi connectivity index (χ0n) is 10.3. The van der Waals surface area contributed by atoms with Gasteiger partial charge in [-0.05, 0) is 32.0 Å². The van der Waals surface area contributed by atoms with Crippen LogP contribution in [0.2, 0.25) is 5.02 Å². The molecule has 1 aromatic carbocycles. The second-order valence-electron chi connectivity index (χ2n) is 3.92. The lowest BCUT2D eigenvalue weighted by atomic mass is 10.2. The number of aromatic hydroxyl groups is 1. The van der Waals surface area contributed by atoms with Crippen LogP contribution in [0.4, 0.5) is 5.95 Å². The number of aromatic nitrogens is 3. The van der Waals surface area contributed by atoms with Crippen LogP contribution in [0.1, 0.15) is 21.7 Å². The van der Waals surface area contributed by atoms with E-state index in [9.17, 15) is 9.90 Å². The van der Waals surface area contributed by atoms with Gasteiger partial charge in [0.2, 0.25) is 5.95 Å². The van der Waals surface area contributed by atoms with E-state index in [0.29, 0.717) is 16.4 Å². The van der Waals surface area contributed by atoms with E-state index in [0.717, 1.165) is 0 Å². The number of anilines is 1. The number of aryl methyl sites for hydroxylation is 2. The van der Waals surface area contributed by atoms with Crippen molar-refractivity contribution in [2.75, 3.05) is 5.32 Å². The molecule has 0 atom stereocenters. The van der Waals surface area contributed by atoms with Gasteiger partial charge in [-0.25, -0.2) is 4.98 Å². The van der Waals surface area contributed by atoms with E-state index in [1.807, 2.05) is 0 Å². The highest BCUT2D eigenvalue weighted by molar-refractivity contribution is 6.30. The van der Waals surface area contributed by atoms with Gasteiger partial charge in [0, 0.05) is 5.02 Å². The van der Waals surface area contributed by atoms with Crippen molar-refractivity contribution in [2.45, 2.75) is 13.8 Å². The van der Waals surface area contributed by atoms with Gasteiger partial charge in [-0.2, -0.15) is 5.10 Å². The second kappa shape index (κ2) is 5.19. The average Bonchev–Trinajstić information content (AvgIpc) is 2.33. The number of carbonyl (C=O) groups excluding carboxylic acids is 1. The minimum atomic E-state index is -0.529. The fraction of sp³-hybridized carbons (Fsp3) is 0.167. The molecule has 6 nitrogen and oxygen atoms in total. The summed E-state index contributed by atoms with van der Waals surface area (Å²) in [6.45, 7) is 3.53. The number of benzene rings is 1. The first-order chi connectivity index (χ1) is 8.97. The molecule has 0 bridgehead atoms. The van der Waals surface area contributed by atoms with Gasteiger partial charge >= 0.3 is 0 Å². The lowest BCUT2D eigenvalue weighted by molar-refractivity contribution is 0.102. The van der Waals surface area contributed by atoms with E-state index in [4.69, 9.17) is 11.6 Å². The summed E-state index contributed by atoms with van der Waals surface area (Å²) in [6.07, 6.45) is 0. The molecule has 0 radical (unpaired) electrons. The Morgan fingerprint density at radius 1 is 1.26 bits per heavy atom. The monoisotopic (exact) mass is 278 g/mol. The summed E-state index contributed by atoms with van der Waals surface area (Å²) in [6, 6.07) is 4.22. The van der Waals surface area contributed by atoms with Gasteiger partial charge in [-0.1, -0.05) is 11.6 Å². The van der Waals surface area contributed by atoms with Gasteiger partial charge in [-0.15, -0.1) is 5.10 Å². The molecule has 1 heterocycles. The van der Waals surface area contributed by atoms with Crippen LogP contribution >= 0.6 is 11.6 Å². The Balaban J connectivity index is 2.23. The number of nitrogens with zero attached hydrogens (tertiary/aromatic N) is 3. The van der Waals surface area contributed by atoms with Crippen LogP contribution < -0.4 is 5.32 Å². The Kier molecular flexibility index (Phi) is 3.62. The topological polar surface area (TPSA) is 88.0 Å². The van der Waals surface area contributed by atoms with Crippen molar-refractivity contribution in [3.05, 3.63) is 40.2 Å². The predicted octanol–water partition coefficient (Wildman–Crippen LogP) is 2.10. The van der Waals surface area contributed by atoms with Crippen LogP contribution in [-0.2, 0) is 0 Å². The molecule has 0 saturated carbocycles. The minimum Gasteiger partial charge on any atom is -0.507 e. The van der Waals surface area contributed by atoms with E-state index in [1.165, 1.54) is 18.2 Å². The van der Waals surface area contributed by atoms with E-state index < -0.39 is 5.91 Å². The van der Waals surface area contributed by atoms with Crippen LogP contribution in [0.3, 0.4) is 0 Å². The molecule has 19 heavy (non-hydrogen) atoms. The van der Waals surface area contributed by atoms with E-state index in [-0.39, 0.29) is 17.3 Å². The highest BCUT2D eigenvalue weighted by atomic mass is 35.5. The highest BCUT2D eigenvalue weighted by Gasteiger charge is 2.13. The zero-order valence-corrected chi connectivity index (χ0v) is 11.1. The summed E-state index contributed by atoms with van der Waals surface area (Å²) in [5.41, 5.74) is 1.45. The van der Waals surface area contributed by atoms with Crippen LogP contribution in [0.15, 0.2) is 18.2 Å². The van der Waals surface area contributed by atoms with E-state index >= 15 is 0 Å². The lowest BCUT2D eigenvalue weighted by Crippen LogP contribution is -2.15. The molecule has 0 fully saturated rings. The minimum absolute atomic E-state index is 0.0856. The van der Waals surface area contributed by atoms with Gasteiger partial charge in [0.1, 0.15) is 5.75 Å². The number of rotatable bonds is 2. The Morgan fingerprint density at radius 2 is 2.00 bits per heavy atom. The maximum Gasteiger partial charge on any atom is 0.261 e. The number of amides is 1. The average molecular weight is 279 g/mol. The standard InChI is InChI=1S/C12H11ClN4O2/c1-6-7(2)16-17-12(14-6)15-11(19)9-4-3-8(13)5-10(9)18/h3-5,18H,1-2H3,(H,14,15,17,19). The van der Waals surface area contributed by atoms with Crippen molar-refractivity contribution < 1.29 is 9.90 Å². The fourth-order valence-corrected chi connectivity index (χ4v) is 1.54. The van der Waals surface area contributed by atoms with Gasteiger partial charge in [0.25, 0.3) is 5.91 Å². The van der Waals surface area contributed by atoms with E-state index in [1.54, 1.807) is 13.8 Å². The molecule has 0 aliphatic carbocycles. The second-order valence-corrected chi connectivity index (χ2v) is 4.36. The summed E-state index contributed by atoms with van der Waals surface area (Å²) in [7, 11) is 0. The van der Waals surface area contributed by atoms with Gasteiger partial charge in [-0.3, -0.25) is 10.1 Å². The third kappa shape index (κ3) is 2.97. The van der Waals surface area contributed by atoms with Gasteiger partial charge in [0.05, 0.1) is 17.0 Å². The van der Waals surface area contributed by atoms with Crippen molar-refractivity contribution in [2.24, 2.45) is 0 Å². The van der Waals surface area contributed by atoms with Crippen molar-refractivity contribution in [1.29, 1.82) is 0 Å². The first kappa shape index (κ1) is 13.2. The van der Waals surface area contributed by atoms with Crippen molar-refractivity contribution in [1.82, 2.24) is 15.2 Å². The quantitative estimate of drug-likeness (QED) is 0.878. The Bertz CT molecular complexity index is 646. The summed E-state index contributed by atoms with van der Waals surface area (Å²) in [5, 5.41) is 20.0. The molecule has 2 N–H and O–H groups in total. The summed E-state index contributed by atoms with van der Waals surface area (Å²) in [5.74, 6) is -0.650. The van der Waals surface area contributed by atoms with Crippen LogP contribution in [0.25, 0.3) is 0 Å². The van der Waals surface area contributed by atoms with Crippen molar-refractivity contribution in [3.63, 3.8) is 0 Å². The molecular formula is C12H11ClN4O2. The lowest BCUT2D eigenvalue weighted by Gasteiger charge is -2.06. The number of halogens is 1. The Labute approximate surface area is 114 Å². The number of hydrogen-bond acceptors (Lipinski definition) is 5. The third-order valence-electron chi connectivity index (χ3n) is 2.52. The number of nitrogens with one attached hydrogen (secondary N) is 1. The summed E-state index contributed by atoms with van der Waals surface area (Å²) >= 11 is 5.69. The highest BCUT2D eigenvalue weighted by Crippen LogP contribution is 2.22. The van der Waals surface area contributed by atoms with Crippen LogP contribution in [-0.4, -0.2) is 26.2 Å². The largest absolute Gasteiger partial charge is 0.507 e. The molecule has 0 aliphatic rings. The third-order valence-corrected chi connectivity index (χ3v) is 2.76. The number of phenols is 1. The Morgan fingerprint density at radius 3 is 2.63 bits per heavy atom. The number of phenolic OH excluding ortho intramolecular Hbond substituents is 1. The molecule has 7 heteroatoms. The smallest absolute Gasteiger partial charge is 0.261 e. The molecule has 0 aliphatic heterocycles. The summed E-state index contributed by atoms with van der Waals surface area (Å²) < 4.78 is 0. The molecule has 98 valence electrons. The SMILES string of the molecule is Cc1nnc(NC(=O)c2ccc(Cl)cc2O)nc1C. The maximum atomic E-state index is 11.9. The fourth-order valence-electron chi connectivity index (χ4n) is 1.38. The molecule has 0 spiro atoms. The zero-order chi connectivity index (χ0) is 14.0.